The molecule has 0 N–H and O–H groups in total. The second-order valence-corrected chi connectivity index (χ2v) is 16.0. The number of halogens is 1. The molecule has 0 radical (unpaired) electrons. The summed E-state index contributed by atoms with van der Waals surface area (Å²) < 4.78 is 0. The molecule has 0 aromatic rings. The molecule has 0 spiro atoms. The summed E-state index contributed by atoms with van der Waals surface area (Å²) in [5.74, 6) is 0. The van der Waals surface area contributed by atoms with E-state index in [4.69, 9.17) is 11.6 Å². The first-order valence-electron chi connectivity index (χ1n) is 10.2. The van der Waals surface area contributed by atoms with Gasteiger partial charge < -0.3 is 0 Å². The summed E-state index contributed by atoms with van der Waals surface area (Å²) in [5.41, 5.74) is 4.40. The molecule has 2 heteroatoms. The Morgan fingerprint density at radius 1 is 0.792 bits per heavy atom. The Hall–Kier alpha value is 0.200. The van der Waals surface area contributed by atoms with Crippen LogP contribution < -0.4 is 0 Å². The van der Waals surface area contributed by atoms with Crippen LogP contribution in [0.15, 0.2) is 22.0 Å². The van der Waals surface area contributed by atoms with E-state index in [9.17, 15) is 0 Å². The van der Waals surface area contributed by atoms with Gasteiger partial charge in [0, 0.05) is 0 Å². The van der Waals surface area contributed by atoms with Crippen LogP contribution in [-0.4, -0.2) is 30.0 Å². The molecule has 24 heavy (non-hydrogen) atoms. The third-order valence-electron chi connectivity index (χ3n) is 6.82. The Morgan fingerprint density at radius 2 is 1.17 bits per heavy atom. The Bertz CT molecular complexity index is 486. The topological polar surface area (TPSA) is 0 Å². The summed E-state index contributed by atoms with van der Waals surface area (Å²) in [6.07, 6.45) is 12.1. The van der Waals surface area contributed by atoms with Crippen molar-refractivity contribution in [2.24, 2.45) is 0 Å². The van der Waals surface area contributed by atoms with Crippen LogP contribution in [0.5, 0.6) is 0 Å². The summed E-state index contributed by atoms with van der Waals surface area (Å²) in [6.45, 7) is 16.9. The van der Waals surface area contributed by atoms with Gasteiger partial charge in [0.05, 0.1) is 0 Å². The fourth-order valence-corrected chi connectivity index (χ4v) is 13.9. The molecule has 1 rings (SSSR count). The van der Waals surface area contributed by atoms with Crippen LogP contribution in [0.3, 0.4) is 0 Å². The van der Waals surface area contributed by atoms with E-state index < -0.39 is 6.60 Å². The van der Waals surface area contributed by atoms with Gasteiger partial charge in [-0.05, 0) is 0 Å². The van der Waals surface area contributed by atoms with Crippen molar-refractivity contribution in [1.82, 2.24) is 0 Å². The van der Waals surface area contributed by atoms with E-state index >= 15 is 0 Å². The number of alkyl halides is 1. The second kappa shape index (κ2) is 8.26. The van der Waals surface area contributed by atoms with Gasteiger partial charge in [0.1, 0.15) is 0 Å². The van der Waals surface area contributed by atoms with E-state index in [2.05, 4.69) is 55.1 Å². The number of hydrogen-bond donors (Lipinski definition) is 0. The zero-order valence-electron chi connectivity index (χ0n) is 17.7. The number of rotatable bonds is 10. The van der Waals surface area contributed by atoms with Crippen molar-refractivity contribution in [3.8, 4) is 0 Å². The van der Waals surface area contributed by atoms with Crippen molar-refractivity contribution in [2.45, 2.75) is 91.9 Å². The van der Waals surface area contributed by atoms with Gasteiger partial charge >= 0.3 is 157 Å². The molecule has 0 fully saturated rings. The molecule has 142 valence electrons. The van der Waals surface area contributed by atoms with Crippen molar-refractivity contribution in [3.05, 3.63) is 22.0 Å². The predicted octanol–water partition coefficient (Wildman–Crippen LogP) is 8.19. The molecule has 0 amide bonds. The molecule has 1 aliphatic carbocycles. The summed E-state index contributed by atoms with van der Waals surface area (Å²) in [5, 5.41) is 1.68. The number of hydrogen-bond acceptors (Lipinski definition) is 0. The van der Waals surface area contributed by atoms with Crippen LogP contribution >= 0.6 is 18.2 Å². The fraction of sp³-hybridized carbons (Fsp3) is 0.818. The van der Waals surface area contributed by atoms with E-state index in [-0.39, 0.29) is 4.87 Å². The Labute approximate surface area is 157 Å². The first-order chi connectivity index (χ1) is 11.1. The Morgan fingerprint density at radius 3 is 1.42 bits per heavy atom. The molecule has 0 saturated carbocycles. The molecule has 0 saturated heterocycles. The van der Waals surface area contributed by atoms with E-state index in [1.807, 2.05) is 0 Å². The molecule has 1 aliphatic rings. The van der Waals surface area contributed by atoms with Crippen molar-refractivity contribution in [3.63, 3.8) is 0 Å². The quantitative estimate of drug-likeness (QED) is 0.268. The molecule has 1 unspecified atom stereocenters. The Balaban J connectivity index is 3.56. The number of unbranched alkanes of at least 4 members (excludes halogenated alkanes) is 3. The van der Waals surface area contributed by atoms with Crippen LogP contribution in [0, 0.1) is 0 Å². The molecule has 0 nitrogen and oxygen atoms in total. The van der Waals surface area contributed by atoms with E-state index in [0.717, 1.165) is 0 Å². The van der Waals surface area contributed by atoms with E-state index in [1.165, 1.54) is 73.7 Å². The zero-order valence-corrected chi connectivity index (χ0v) is 19.3. The van der Waals surface area contributed by atoms with Crippen LogP contribution in [0.1, 0.15) is 87.0 Å². The molecule has 0 aliphatic heterocycles. The maximum atomic E-state index is 7.30. The maximum absolute atomic E-state index is 7.30. The molecule has 0 bridgehead atoms. The molecule has 1 atom stereocenters. The molecular formula is C22H42ClP. The van der Waals surface area contributed by atoms with Crippen LogP contribution in [-0.2, 0) is 0 Å². The van der Waals surface area contributed by atoms with Crippen molar-refractivity contribution < 1.29 is 0 Å². The summed E-state index contributed by atoms with van der Waals surface area (Å²) in [6, 6.07) is 0. The van der Waals surface area contributed by atoms with Gasteiger partial charge in [-0.15, -0.1) is 0 Å². The SMILES string of the molecule is CCCCP(C)(CCCC)(CCCC)C1=C(C)C(C)=C(C)C1(C)Cl. The van der Waals surface area contributed by atoms with Gasteiger partial charge in [-0.3, -0.25) is 0 Å². The van der Waals surface area contributed by atoms with Crippen LogP contribution in [0.2, 0.25) is 0 Å². The van der Waals surface area contributed by atoms with Crippen LogP contribution in [0.4, 0.5) is 0 Å². The average Bonchev–Trinajstić information content (AvgIpc) is 2.70. The van der Waals surface area contributed by atoms with E-state index in [1.54, 1.807) is 5.31 Å². The van der Waals surface area contributed by atoms with Crippen molar-refractivity contribution >= 4 is 18.2 Å². The monoisotopic (exact) mass is 372 g/mol. The molecular weight excluding hydrogens is 331 g/mol. The van der Waals surface area contributed by atoms with Gasteiger partial charge in [-0.25, -0.2) is 0 Å². The minimum absolute atomic E-state index is 0.254. The Kier molecular flexibility index (Phi) is 7.66. The fourth-order valence-electron chi connectivity index (χ4n) is 5.05. The standard InChI is InChI=1S/C22H42ClP/c1-9-12-15-24(8,16-13-10-2,17-14-11-3)21-19(5)18(4)20(6)22(21,7)23/h9-17H2,1-8H3. The predicted molar refractivity (Wildman–Crippen MR) is 118 cm³/mol. The third kappa shape index (κ3) is 3.96. The van der Waals surface area contributed by atoms with E-state index in [0.29, 0.717) is 0 Å². The second-order valence-electron chi connectivity index (χ2n) is 8.78. The van der Waals surface area contributed by atoms with Crippen molar-refractivity contribution in [1.29, 1.82) is 0 Å². The first kappa shape index (κ1) is 22.2. The van der Waals surface area contributed by atoms with Crippen molar-refractivity contribution in [2.75, 3.05) is 25.2 Å². The molecule has 0 heterocycles. The van der Waals surface area contributed by atoms with Crippen LogP contribution in [0.25, 0.3) is 0 Å². The van der Waals surface area contributed by atoms with Gasteiger partial charge in [0.25, 0.3) is 0 Å². The summed E-state index contributed by atoms with van der Waals surface area (Å²) >= 11 is 7.30. The number of allylic oxidation sites excluding steroid dienone is 4. The summed E-state index contributed by atoms with van der Waals surface area (Å²) in [7, 11) is 0. The third-order valence-corrected chi connectivity index (χ3v) is 14.5. The zero-order chi connectivity index (χ0) is 18.6. The van der Waals surface area contributed by atoms with Gasteiger partial charge in [-0.2, -0.15) is 0 Å². The normalized spacial score (nSPS) is 23.8. The molecule has 0 aromatic heterocycles. The minimum atomic E-state index is -2.00. The van der Waals surface area contributed by atoms with Gasteiger partial charge in [0.15, 0.2) is 0 Å². The molecule has 0 aromatic carbocycles. The van der Waals surface area contributed by atoms with Gasteiger partial charge in [0.2, 0.25) is 0 Å². The average molecular weight is 373 g/mol. The summed E-state index contributed by atoms with van der Waals surface area (Å²) in [4.78, 5) is -0.254. The first-order valence-corrected chi connectivity index (χ1v) is 13.8. The van der Waals surface area contributed by atoms with Gasteiger partial charge in [-0.1, -0.05) is 0 Å².